The fraction of sp³-hybridized carbons (Fsp3) is 0.125. The summed E-state index contributed by atoms with van der Waals surface area (Å²) < 4.78 is 13.1. The average Bonchev–Trinajstić information content (AvgIpc) is 2.46. The van der Waals surface area contributed by atoms with E-state index in [9.17, 15) is 9.18 Å². The molecule has 0 bridgehead atoms. The number of hydrogen-bond donors (Lipinski definition) is 1. The lowest BCUT2D eigenvalue weighted by atomic mass is 10.1. The minimum absolute atomic E-state index is 0.199. The van der Waals surface area contributed by atoms with Crippen LogP contribution in [0.4, 0.5) is 10.1 Å². The van der Waals surface area contributed by atoms with Crippen molar-refractivity contribution in [1.29, 1.82) is 0 Å². The Kier molecular flexibility index (Phi) is 4.33. The molecule has 0 aliphatic rings. The molecule has 5 heteroatoms. The molecule has 2 N–H and O–H groups in total. The number of hydrogen-bond acceptors (Lipinski definition) is 2. The van der Waals surface area contributed by atoms with Crippen molar-refractivity contribution in [3.05, 3.63) is 65.0 Å². The Balaban J connectivity index is 2.28. The third kappa shape index (κ3) is 3.25. The van der Waals surface area contributed by atoms with Gasteiger partial charge in [0.25, 0.3) is 5.91 Å². The van der Waals surface area contributed by atoms with E-state index in [4.69, 9.17) is 18.0 Å². The van der Waals surface area contributed by atoms with Crippen LogP contribution in [0, 0.1) is 12.7 Å². The molecule has 0 spiro atoms. The molecule has 21 heavy (non-hydrogen) atoms. The van der Waals surface area contributed by atoms with E-state index in [1.165, 1.54) is 23.1 Å². The van der Waals surface area contributed by atoms with Crippen LogP contribution in [0.25, 0.3) is 0 Å². The first kappa shape index (κ1) is 15.1. The highest BCUT2D eigenvalue weighted by molar-refractivity contribution is 7.80. The lowest BCUT2D eigenvalue weighted by molar-refractivity contribution is 0.0992. The number of anilines is 1. The fourth-order valence-corrected chi connectivity index (χ4v) is 2.15. The SMILES string of the molecule is Cc1cc(F)ccc1C(=O)N(C)c1ccc(C(N)=S)cc1. The summed E-state index contributed by atoms with van der Waals surface area (Å²) in [4.78, 5) is 14.3. The Morgan fingerprint density at radius 1 is 1.19 bits per heavy atom. The van der Waals surface area contributed by atoms with E-state index in [1.54, 1.807) is 38.2 Å². The van der Waals surface area contributed by atoms with Gasteiger partial charge in [0.05, 0.1) is 0 Å². The third-order valence-corrected chi connectivity index (χ3v) is 3.50. The summed E-state index contributed by atoms with van der Waals surface area (Å²) in [7, 11) is 1.67. The van der Waals surface area contributed by atoms with Crippen molar-refractivity contribution in [3.8, 4) is 0 Å². The summed E-state index contributed by atoms with van der Waals surface area (Å²) in [6.45, 7) is 1.71. The minimum atomic E-state index is -0.354. The quantitative estimate of drug-likeness (QED) is 0.886. The number of carbonyl (C=O) groups is 1. The normalized spacial score (nSPS) is 10.2. The molecule has 2 aromatic rings. The summed E-state index contributed by atoms with van der Waals surface area (Å²) in [5, 5.41) is 0. The molecule has 108 valence electrons. The number of halogens is 1. The minimum Gasteiger partial charge on any atom is -0.389 e. The molecular formula is C16H15FN2OS. The van der Waals surface area contributed by atoms with Crippen LogP contribution in [0.1, 0.15) is 21.5 Å². The van der Waals surface area contributed by atoms with E-state index in [-0.39, 0.29) is 11.7 Å². The highest BCUT2D eigenvalue weighted by atomic mass is 32.1. The van der Waals surface area contributed by atoms with Gasteiger partial charge < -0.3 is 10.6 Å². The van der Waals surface area contributed by atoms with Gasteiger partial charge in [0.2, 0.25) is 0 Å². The smallest absolute Gasteiger partial charge is 0.258 e. The van der Waals surface area contributed by atoms with Crippen molar-refractivity contribution in [1.82, 2.24) is 0 Å². The molecule has 0 saturated carbocycles. The van der Waals surface area contributed by atoms with Gasteiger partial charge in [0.15, 0.2) is 0 Å². The number of rotatable bonds is 3. The molecule has 0 saturated heterocycles. The molecule has 0 heterocycles. The maximum Gasteiger partial charge on any atom is 0.258 e. The Morgan fingerprint density at radius 3 is 2.33 bits per heavy atom. The van der Waals surface area contributed by atoms with Crippen molar-refractivity contribution in [2.24, 2.45) is 5.73 Å². The van der Waals surface area contributed by atoms with Crippen LogP contribution in [0.3, 0.4) is 0 Å². The number of carbonyl (C=O) groups excluding carboxylic acids is 1. The van der Waals surface area contributed by atoms with Gasteiger partial charge in [0, 0.05) is 23.9 Å². The van der Waals surface area contributed by atoms with E-state index in [2.05, 4.69) is 0 Å². The van der Waals surface area contributed by atoms with Crippen LogP contribution in [0.5, 0.6) is 0 Å². The maximum absolute atomic E-state index is 13.1. The van der Waals surface area contributed by atoms with E-state index >= 15 is 0 Å². The van der Waals surface area contributed by atoms with Crippen molar-refractivity contribution in [2.75, 3.05) is 11.9 Å². The highest BCUT2D eigenvalue weighted by Gasteiger charge is 2.16. The second-order valence-corrected chi connectivity index (χ2v) is 5.17. The summed E-state index contributed by atoms with van der Waals surface area (Å²) in [6, 6.07) is 11.2. The zero-order chi connectivity index (χ0) is 15.6. The number of benzene rings is 2. The zero-order valence-corrected chi connectivity index (χ0v) is 12.6. The number of nitrogens with zero attached hydrogens (tertiary/aromatic N) is 1. The van der Waals surface area contributed by atoms with E-state index in [0.717, 1.165) is 5.56 Å². The first-order chi connectivity index (χ1) is 9.90. The number of thiocarbonyl (C=S) groups is 1. The Hall–Kier alpha value is -2.27. The molecule has 0 fully saturated rings. The molecule has 3 nitrogen and oxygen atoms in total. The molecule has 2 rings (SSSR count). The van der Waals surface area contributed by atoms with Gasteiger partial charge in [-0.1, -0.05) is 12.2 Å². The molecule has 0 aliphatic carbocycles. The molecular weight excluding hydrogens is 287 g/mol. The molecule has 0 atom stereocenters. The predicted molar refractivity (Wildman–Crippen MR) is 86.2 cm³/mol. The molecule has 0 radical (unpaired) electrons. The molecule has 0 aliphatic heterocycles. The Morgan fingerprint density at radius 2 is 1.81 bits per heavy atom. The van der Waals surface area contributed by atoms with E-state index in [1.807, 2.05) is 0 Å². The molecule has 0 aromatic heterocycles. The summed E-state index contributed by atoms with van der Waals surface area (Å²) in [5.41, 5.74) is 8.07. The number of aryl methyl sites for hydroxylation is 1. The summed E-state index contributed by atoms with van der Waals surface area (Å²) >= 11 is 4.89. The number of nitrogens with two attached hydrogens (primary N) is 1. The van der Waals surface area contributed by atoms with Gasteiger partial charge in [-0.05, 0) is 55.0 Å². The third-order valence-electron chi connectivity index (χ3n) is 3.26. The first-order valence-electron chi connectivity index (χ1n) is 6.34. The van der Waals surface area contributed by atoms with Crippen molar-refractivity contribution in [2.45, 2.75) is 6.92 Å². The van der Waals surface area contributed by atoms with Crippen molar-refractivity contribution >= 4 is 28.8 Å². The van der Waals surface area contributed by atoms with Crippen molar-refractivity contribution < 1.29 is 9.18 Å². The van der Waals surface area contributed by atoms with E-state index in [0.29, 0.717) is 21.8 Å². The molecule has 2 aromatic carbocycles. The molecule has 1 amide bonds. The second-order valence-electron chi connectivity index (χ2n) is 4.73. The first-order valence-corrected chi connectivity index (χ1v) is 6.75. The van der Waals surface area contributed by atoms with Crippen LogP contribution in [-0.4, -0.2) is 17.9 Å². The second kappa shape index (κ2) is 6.01. The number of amides is 1. The predicted octanol–water partition coefficient (Wildman–Crippen LogP) is 3.04. The topological polar surface area (TPSA) is 46.3 Å². The van der Waals surface area contributed by atoms with E-state index < -0.39 is 0 Å². The van der Waals surface area contributed by atoms with Crippen LogP contribution in [-0.2, 0) is 0 Å². The standard InChI is InChI=1S/C16H15FN2OS/c1-10-9-12(17)5-8-14(10)16(20)19(2)13-6-3-11(4-7-13)15(18)21/h3-9H,1-2H3,(H2,18,21). The maximum atomic E-state index is 13.1. The van der Waals surface area contributed by atoms with Gasteiger partial charge >= 0.3 is 0 Å². The largest absolute Gasteiger partial charge is 0.389 e. The highest BCUT2D eigenvalue weighted by Crippen LogP contribution is 2.19. The van der Waals surface area contributed by atoms with Crippen LogP contribution < -0.4 is 10.6 Å². The monoisotopic (exact) mass is 302 g/mol. The fourth-order valence-electron chi connectivity index (χ4n) is 2.01. The summed E-state index contributed by atoms with van der Waals surface area (Å²) in [6.07, 6.45) is 0. The Labute approximate surface area is 128 Å². The Bertz CT molecular complexity index is 698. The van der Waals surface area contributed by atoms with Gasteiger partial charge in [-0.2, -0.15) is 0 Å². The van der Waals surface area contributed by atoms with Crippen LogP contribution in [0.15, 0.2) is 42.5 Å². The van der Waals surface area contributed by atoms with Gasteiger partial charge in [-0.25, -0.2) is 4.39 Å². The lowest BCUT2D eigenvalue weighted by Crippen LogP contribution is -2.27. The average molecular weight is 302 g/mol. The van der Waals surface area contributed by atoms with Gasteiger partial charge in [-0.3, -0.25) is 4.79 Å². The van der Waals surface area contributed by atoms with Crippen LogP contribution >= 0.6 is 12.2 Å². The van der Waals surface area contributed by atoms with Gasteiger partial charge in [0.1, 0.15) is 10.8 Å². The summed E-state index contributed by atoms with van der Waals surface area (Å²) in [5.74, 6) is -0.553. The lowest BCUT2D eigenvalue weighted by Gasteiger charge is -2.19. The van der Waals surface area contributed by atoms with Gasteiger partial charge in [-0.15, -0.1) is 0 Å². The zero-order valence-electron chi connectivity index (χ0n) is 11.8. The molecule has 0 unspecified atom stereocenters. The van der Waals surface area contributed by atoms with Crippen molar-refractivity contribution in [3.63, 3.8) is 0 Å². The van der Waals surface area contributed by atoms with Crippen LogP contribution in [0.2, 0.25) is 0 Å².